The monoisotopic (exact) mass is 317 g/mol. The smallest absolute Gasteiger partial charge is 0.250 e. The minimum atomic E-state index is -3.52. The van der Waals surface area contributed by atoms with Gasteiger partial charge in [0.1, 0.15) is 9.22 Å². The third-order valence-corrected chi connectivity index (χ3v) is 6.83. The van der Waals surface area contributed by atoms with Crippen molar-refractivity contribution in [2.75, 3.05) is 0 Å². The molecular formula is C11H15N3O2S3. The second kappa shape index (κ2) is 5.68. The van der Waals surface area contributed by atoms with Gasteiger partial charge in [-0.2, -0.15) is 0 Å². The highest BCUT2D eigenvalue weighted by Gasteiger charge is 2.22. The molecule has 1 unspecified atom stereocenters. The molecule has 2 rings (SSSR count). The lowest BCUT2D eigenvalue weighted by atomic mass is 10.3. The van der Waals surface area contributed by atoms with E-state index in [0.29, 0.717) is 10.8 Å². The summed E-state index contributed by atoms with van der Waals surface area (Å²) < 4.78 is 27.4. The summed E-state index contributed by atoms with van der Waals surface area (Å²) in [6.07, 6.45) is 1.66. The number of hydrogen-bond donors (Lipinski definition) is 2. The molecule has 104 valence electrons. The fourth-order valence-corrected chi connectivity index (χ4v) is 5.03. The average Bonchev–Trinajstić information content (AvgIpc) is 2.96. The van der Waals surface area contributed by atoms with Crippen LogP contribution in [0.15, 0.2) is 21.9 Å². The van der Waals surface area contributed by atoms with Gasteiger partial charge < -0.3 is 5.73 Å². The largest absolute Gasteiger partial charge is 0.326 e. The number of thiazole rings is 1. The maximum atomic E-state index is 12.3. The molecule has 0 aromatic carbocycles. The predicted molar refractivity (Wildman–Crippen MR) is 77.8 cm³/mol. The van der Waals surface area contributed by atoms with Crippen molar-refractivity contribution in [3.05, 3.63) is 33.1 Å². The first-order valence-electron chi connectivity index (χ1n) is 5.65. The number of thiophene rings is 1. The highest BCUT2D eigenvalue weighted by molar-refractivity contribution is 7.91. The van der Waals surface area contributed by atoms with Crippen molar-refractivity contribution < 1.29 is 8.42 Å². The summed E-state index contributed by atoms with van der Waals surface area (Å²) in [4.78, 5) is 5.00. The molecule has 8 heteroatoms. The van der Waals surface area contributed by atoms with Crippen molar-refractivity contribution in [1.29, 1.82) is 0 Å². The molecule has 0 aliphatic rings. The Kier molecular flexibility index (Phi) is 4.36. The molecule has 2 aromatic heterocycles. The zero-order valence-electron chi connectivity index (χ0n) is 10.6. The zero-order valence-corrected chi connectivity index (χ0v) is 13.0. The van der Waals surface area contributed by atoms with Crippen LogP contribution < -0.4 is 10.5 Å². The van der Waals surface area contributed by atoms with Crippen molar-refractivity contribution in [3.8, 4) is 0 Å². The topological polar surface area (TPSA) is 85.1 Å². The van der Waals surface area contributed by atoms with Crippen LogP contribution in [0.2, 0.25) is 0 Å². The Morgan fingerprint density at radius 3 is 2.79 bits per heavy atom. The lowest BCUT2D eigenvalue weighted by molar-refractivity contribution is 0.568. The summed E-state index contributed by atoms with van der Waals surface area (Å²) in [7, 11) is -3.52. The maximum Gasteiger partial charge on any atom is 0.250 e. The van der Waals surface area contributed by atoms with Crippen LogP contribution in [0, 0.1) is 6.92 Å². The standard InChI is InChI=1S/C11H15N3O2S3/c1-7-5-10(18-9(7)6-12)19(15,16)14-8(2)11-13-3-4-17-11/h3-5,8,14H,6,12H2,1-2H3. The molecule has 0 spiro atoms. The quantitative estimate of drug-likeness (QED) is 0.883. The van der Waals surface area contributed by atoms with Gasteiger partial charge in [0.25, 0.3) is 10.0 Å². The van der Waals surface area contributed by atoms with Gasteiger partial charge >= 0.3 is 0 Å². The summed E-state index contributed by atoms with van der Waals surface area (Å²) in [5, 5.41) is 2.57. The summed E-state index contributed by atoms with van der Waals surface area (Å²) in [6.45, 7) is 4.00. The van der Waals surface area contributed by atoms with E-state index in [0.717, 1.165) is 15.4 Å². The van der Waals surface area contributed by atoms with Gasteiger partial charge in [0.2, 0.25) is 0 Å². The van der Waals surface area contributed by atoms with E-state index in [-0.39, 0.29) is 6.04 Å². The van der Waals surface area contributed by atoms with Gasteiger partial charge in [-0.15, -0.1) is 22.7 Å². The third-order valence-electron chi connectivity index (χ3n) is 2.60. The first-order chi connectivity index (χ1) is 8.94. The van der Waals surface area contributed by atoms with E-state index in [2.05, 4.69) is 9.71 Å². The molecule has 0 amide bonds. The van der Waals surface area contributed by atoms with Gasteiger partial charge in [0.05, 0.1) is 6.04 Å². The van der Waals surface area contributed by atoms with Gasteiger partial charge in [-0.05, 0) is 25.5 Å². The first-order valence-corrected chi connectivity index (χ1v) is 8.83. The van der Waals surface area contributed by atoms with Crippen LogP contribution >= 0.6 is 22.7 Å². The Bertz CT molecular complexity index is 647. The molecular weight excluding hydrogens is 302 g/mol. The molecule has 0 saturated carbocycles. The van der Waals surface area contributed by atoms with Gasteiger partial charge in [-0.3, -0.25) is 0 Å². The van der Waals surface area contributed by atoms with Crippen molar-refractivity contribution in [1.82, 2.24) is 9.71 Å². The highest BCUT2D eigenvalue weighted by atomic mass is 32.2. The molecule has 19 heavy (non-hydrogen) atoms. The molecule has 0 aliphatic carbocycles. The second-order valence-corrected chi connectivity index (χ2v) is 8.09. The number of sulfonamides is 1. The summed E-state index contributed by atoms with van der Waals surface area (Å²) in [5.74, 6) is 0. The number of nitrogens with zero attached hydrogens (tertiary/aromatic N) is 1. The van der Waals surface area contributed by atoms with E-state index in [1.54, 1.807) is 19.2 Å². The van der Waals surface area contributed by atoms with Crippen LogP contribution in [-0.2, 0) is 16.6 Å². The van der Waals surface area contributed by atoms with E-state index < -0.39 is 10.0 Å². The molecule has 1 atom stereocenters. The Balaban J connectivity index is 2.22. The number of hydrogen-bond acceptors (Lipinski definition) is 6. The highest BCUT2D eigenvalue weighted by Crippen LogP contribution is 2.27. The summed E-state index contributed by atoms with van der Waals surface area (Å²) in [5.41, 5.74) is 6.48. The summed E-state index contributed by atoms with van der Waals surface area (Å²) in [6, 6.07) is 1.32. The van der Waals surface area contributed by atoms with E-state index in [4.69, 9.17) is 5.73 Å². The van der Waals surface area contributed by atoms with Crippen molar-refractivity contribution >= 4 is 32.7 Å². The number of nitrogens with two attached hydrogens (primary N) is 1. The molecule has 5 nitrogen and oxygen atoms in total. The van der Waals surface area contributed by atoms with Gasteiger partial charge in [-0.25, -0.2) is 18.1 Å². The Labute approximate surface area is 120 Å². The van der Waals surface area contributed by atoms with E-state index in [1.165, 1.54) is 22.7 Å². The Morgan fingerprint density at radius 2 is 2.26 bits per heavy atom. The lowest BCUT2D eigenvalue weighted by Crippen LogP contribution is -2.26. The molecule has 0 saturated heterocycles. The molecule has 0 aliphatic heterocycles. The zero-order chi connectivity index (χ0) is 14.0. The van der Waals surface area contributed by atoms with Crippen LogP contribution in [0.1, 0.15) is 28.4 Å². The predicted octanol–water partition coefficient (Wildman–Crippen LogP) is 2.01. The van der Waals surface area contributed by atoms with Gasteiger partial charge in [0.15, 0.2) is 0 Å². The SMILES string of the molecule is Cc1cc(S(=O)(=O)NC(C)c2nccs2)sc1CN. The number of aromatic nitrogens is 1. The molecule has 0 radical (unpaired) electrons. The van der Waals surface area contributed by atoms with Crippen LogP contribution in [0.5, 0.6) is 0 Å². The summed E-state index contributed by atoms with van der Waals surface area (Å²) >= 11 is 2.64. The number of nitrogens with one attached hydrogen (secondary N) is 1. The van der Waals surface area contributed by atoms with Crippen molar-refractivity contribution in [3.63, 3.8) is 0 Å². The first kappa shape index (κ1) is 14.6. The van der Waals surface area contributed by atoms with E-state index in [9.17, 15) is 8.42 Å². The molecule has 0 fully saturated rings. The Hall–Kier alpha value is -0.800. The minimum absolute atomic E-state index is 0.300. The van der Waals surface area contributed by atoms with Crippen LogP contribution in [-0.4, -0.2) is 13.4 Å². The van der Waals surface area contributed by atoms with Gasteiger partial charge in [-0.1, -0.05) is 0 Å². The average molecular weight is 317 g/mol. The minimum Gasteiger partial charge on any atom is -0.326 e. The molecule has 3 N–H and O–H groups in total. The normalized spacial score (nSPS) is 13.6. The number of rotatable bonds is 5. The van der Waals surface area contributed by atoms with Crippen molar-refractivity contribution in [2.24, 2.45) is 5.73 Å². The van der Waals surface area contributed by atoms with E-state index >= 15 is 0 Å². The van der Waals surface area contributed by atoms with Crippen LogP contribution in [0.4, 0.5) is 0 Å². The van der Waals surface area contributed by atoms with Gasteiger partial charge in [0, 0.05) is 23.0 Å². The van der Waals surface area contributed by atoms with Crippen LogP contribution in [0.25, 0.3) is 0 Å². The fraction of sp³-hybridized carbons (Fsp3) is 0.364. The molecule has 2 heterocycles. The lowest BCUT2D eigenvalue weighted by Gasteiger charge is -2.10. The Morgan fingerprint density at radius 1 is 1.53 bits per heavy atom. The molecule has 0 bridgehead atoms. The maximum absolute atomic E-state index is 12.3. The number of aryl methyl sites for hydroxylation is 1. The molecule has 2 aromatic rings. The van der Waals surface area contributed by atoms with Crippen molar-refractivity contribution in [2.45, 2.75) is 30.6 Å². The second-order valence-electron chi connectivity index (χ2n) is 4.09. The third kappa shape index (κ3) is 3.21. The fourth-order valence-electron chi connectivity index (χ4n) is 1.61. The van der Waals surface area contributed by atoms with Crippen LogP contribution in [0.3, 0.4) is 0 Å². The van der Waals surface area contributed by atoms with E-state index in [1.807, 2.05) is 12.3 Å².